The second-order valence-corrected chi connectivity index (χ2v) is 7.03. The molecule has 0 spiro atoms. The molecule has 1 N–H and O–H groups in total. The first-order chi connectivity index (χ1) is 9.53. The molecule has 2 fully saturated rings. The van der Waals surface area contributed by atoms with E-state index in [1.165, 1.54) is 32.1 Å². The van der Waals surface area contributed by atoms with Crippen molar-refractivity contribution in [1.29, 1.82) is 0 Å². The monoisotopic (exact) mass is 280 g/mol. The van der Waals surface area contributed by atoms with Crippen molar-refractivity contribution in [2.45, 2.75) is 96.8 Å². The van der Waals surface area contributed by atoms with Crippen molar-refractivity contribution in [2.75, 3.05) is 0 Å². The molecule has 0 radical (unpaired) electrons. The molecule has 0 aromatic carbocycles. The Bertz CT molecular complexity index is 344. The summed E-state index contributed by atoms with van der Waals surface area (Å²) in [7, 11) is 0. The van der Waals surface area contributed by atoms with Crippen LogP contribution in [0.1, 0.15) is 79.1 Å². The zero-order valence-electron chi connectivity index (χ0n) is 13.7. The van der Waals surface area contributed by atoms with E-state index >= 15 is 0 Å². The van der Waals surface area contributed by atoms with Gasteiger partial charge >= 0.3 is 0 Å². The van der Waals surface area contributed by atoms with Gasteiger partial charge in [-0.25, -0.2) is 0 Å². The molecule has 1 aliphatic heterocycles. The van der Waals surface area contributed by atoms with Gasteiger partial charge in [0.05, 0.1) is 11.7 Å². The van der Waals surface area contributed by atoms with Gasteiger partial charge in [-0.1, -0.05) is 46.5 Å². The zero-order chi connectivity index (χ0) is 14.8. The third kappa shape index (κ3) is 2.88. The van der Waals surface area contributed by atoms with Gasteiger partial charge in [0, 0.05) is 6.04 Å². The first-order valence-electron chi connectivity index (χ1n) is 8.64. The van der Waals surface area contributed by atoms with E-state index in [0.29, 0.717) is 17.9 Å². The van der Waals surface area contributed by atoms with Gasteiger partial charge in [-0.2, -0.15) is 0 Å². The molecule has 4 unspecified atom stereocenters. The molecule has 3 nitrogen and oxygen atoms in total. The maximum atomic E-state index is 13.0. The second kappa shape index (κ2) is 6.46. The topological polar surface area (TPSA) is 32.3 Å². The minimum atomic E-state index is -0.341. The maximum Gasteiger partial charge on any atom is 0.244 e. The molecule has 4 atom stereocenters. The van der Waals surface area contributed by atoms with Crippen molar-refractivity contribution < 1.29 is 4.79 Å². The molecular formula is C17H32N2O. The SMILES string of the molecule is CCCC1NC(C)(CC)C(=O)N1C1CCCCCC1C. The van der Waals surface area contributed by atoms with Gasteiger partial charge < -0.3 is 4.90 Å². The first kappa shape index (κ1) is 15.8. The molecule has 0 bridgehead atoms. The maximum absolute atomic E-state index is 13.0. The van der Waals surface area contributed by atoms with Gasteiger partial charge in [0.25, 0.3) is 0 Å². The van der Waals surface area contributed by atoms with Crippen molar-refractivity contribution in [3.63, 3.8) is 0 Å². The fourth-order valence-corrected chi connectivity index (χ4v) is 3.93. The molecule has 1 saturated carbocycles. The molecule has 20 heavy (non-hydrogen) atoms. The highest BCUT2D eigenvalue weighted by Gasteiger charge is 2.49. The number of rotatable bonds is 4. The standard InChI is InChI=1S/C17H32N2O/c1-5-10-15-18-17(4,6-2)16(20)19(15)14-12-9-7-8-11-13(14)3/h13-15,18H,5-12H2,1-4H3. The van der Waals surface area contributed by atoms with Crippen LogP contribution in [0.15, 0.2) is 0 Å². The van der Waals surface area contributed by atoms with Gasteiger partial charge in [-0.3, -0.25) is 10.1 Å². The van der Waals surface area contributed by atoms with Crippen molar-refractivity contribution >= 4 is 5.91 Å². The minimum Gasteiger partial charge on any atom is -0.322 e. The lowest BCUT2D eigenvalue weighted by molar-refractivity contribution is -0.136. The van der Waals surface area contributed by atoms with Crippen LogP contribution in [0.25, 0.3) is 0 Å². The molecule has 1 aliphatic carbocycles. The number of carbonyl (C=O) groups excluding carboxylic acids is 1. The largest absolute Gasteiger partial charge is 0.322 e. The molecule has 1 saturated heterocycles. The molecule has 3 heteroatoms. The Balaban J connectivity index is 2.23. The molecule has 2 rings (SSSR count). The summed E-state index contributed by atoms with van der Waals surface area (Å²) in [6.45, 7) is 8.75. The number of hydrogen-bond acceptors (Lipinski definition) is 2. The Kier molecular flexibility index (Phi) is 5.11. The van der Waals surface area contributed by atoms with Gasteiger partial charge in [0.2, 0.25) is 5.91 Å². The highest BCUT2D eigenvalue weighted by atomic mass is 16.2. The number of hydrogen-bond donors (Lipinski definition) is 1. The van der Waals surface area contributed by atoms with Gasteiger partial charge in [-0.05, 0) is 38.5 Å². The van der Waals surface area contributed by atoms with E-state index in [9.17, 15) is 4.79 Å². The first-order valence-corrected chi connectivity index (χ1v) is 8.64. The van der Waals surface area contributed by atoms with E-state index in [-0.39, 0.29) is 11.7 Å². The fraction of sp³-hybridized carbons (Fsp3) is 0.941. The third-order valence-electron chi connectivity index (χ3n) is 5.47. The van der Waals surface area contributed by atoms with Crippen molar-refractivity contribution in [3.8, 4) is 0 Å². The quantitative estimate of drug-likeness (QED) is 0.797. The summed E-state index contributed by atoms with van der Waals surface area (Å²) < 4.78 is 0. The summed E-state index contributed by atoms with van der Waals surface area (Å²) in [6.07, 6.45) is 9.74. The number of carbonyl (C=O) groups is 1. The Morgan fingerprint density at radius 1 is 1.25 bits per heavy atom. The highest BCUT2D eigenvalue weighted by Crippen LogP contribution is 2.34. The Hall–Kier alpha value is -0.570. The van der Waals surface area contributed by atoms with Crippen LogP contribution < -0.4 is 5.32 Å². The average molecular weight is 280 g/mol. The van der Waals surface area contributed by atoms with Crippen LogP contribution >= 0.6 is 0 Å². The molecule has 0 aromatic rings. The van der Waals surface area contributed by atoms with Crippen LogP contribution in [-0.4, -0.2) is 28.6 Å². The van der Waals surface area contributed by atoms with Crippen LogP contribution in [0.5, 0.6) is 0 Å². The third-order valence-corrected chi connectivity index (χ3v) is 5.47. The van der Waals surface area contributed by atoms with Crippen LogP contribution in [0.3, 0.4) is 0 Å². The Morgan fingerprint density at radius 3 is 2.60 bits per heavy atom. The fourth-order valence-electron chi connectivity index (χ4n) is 3.93. The number of amides is 1. The molecule has 1 heterocycles. The van der Waals surface area contributed by atoms with Crippen molar-refractivity contribution in [3.05, 3.63) is 0 Å². The van der Waals surface area contributed by atoms with E-state index in [4.69, 9.17) is 0 Å². The summed E-state index contributed by atoms with van der Waals surface area (Å²) in [5.74, 6) is 0.985. The predicted molar refractivity (Wildman–Crippen MR) is 83.4 cm³/mol. The van der Waals surface area contributed by atoms with Crippen molar-refractivity contribution in [1.82, 2.24) is 10.2 Å². The van der Waals surface area contributed by atoms with Gasteiger partial charge in [0.15, 0.2) is 0 Å². The molecule has 116 valence electrons. The summed E-state index contributed by atoms with van der Waals surface area (Å²) in [6, 6.07) is 0.447. The molecule has 1 amide bonds. The average Bonchev–Trinajstić information content (AvgIpc) is 2.57. The minimum absolute atomic E-state index is 0.253. The number of nitrogens with one attached hydrogen (secondary N) is 1. The summed E-state index contributed by atoms with van der Waals surface area (Å²) in [4.78, 5) is 15.2. The van der Waals surface area contributed by atoms with Crippen LogP contribution in [0.2, 0.25) is 0 Å². The van der Waals surface area contributed by atoms with Crippen molar-refractivity contribution in [2.24, 2.45) is 5.92 Å². The van der Waals surface area contributed by atoms with Crippen LogP contribution in [-0.2, 0) is 4.79 Å². The zero-order valence-corrected chi connectivity index (χ0v) is 13.7. The second-order valence-electron chi connectivity index (χ2n) is 7.03. The summed E-state index contributed by atoms with van der Waals surface area (Å²) >= 11 is 0. The normalized spacial score (nSPS) is 39.1. The van der Waals surface area contributed by atoms with Crippen LogP contribution in [0.4, 0.5) is 0 Å². The van der Waals surface area contributed by atoms with E-state index in [1.54, 1.807) is 0 Å². The van der Waals surface area contributed by atoms with Gasteiger partial charge in [-0.15, -0.1) is 0 Å². The smallest absolute Gasteiger partial charge is 0.244 e. The molecular weight excluding hydrogens is 248 g/mol. The lowest BCUT2D eigenvalue weighted by atomic mass is 9.93. The number of nitrogens with zero attached hydrogens (tertiary/aromatic N) is 1. The van der Waals surface area contributed by atoms with Gasteiger partial charge in [0.1, 0.15) is 0 Å². The lowest BCUT2D eigenvalue weighted by Crippen LogP contribution is -2.47. The molecule has 0 aromatic heterocycles. The van der Waals surface area contributed by atoms with E-state index in [0.717, 1.165) is 19.3 Å². The van der Waals surface area contributed by atoms with Crippen LogP contribution in [0, 0.1) is 5.92 Å². The predicted octanol–water partition coefficient (Wildman–Crippen LogP) is 3.68. The van der Waals surface area contributed by atoms with E-state index in [2.05, 4.69) is 37.9 Å². The summed E-state index contributed by atoms with van der Waals surface area (Å²) in [5.41, 5.74) is -0.341. The van der Waals surface area contributed by atoms with E-state index < -0.39 is 0 Å². The summed E-state index contributed by atoms with van der Waals surface area (Å²) in [5, 5.41) is 3.63. The highest BCUT2D eigenvalue weighted by molar-refractivity contribution is 5.88. The molecule has 2 aliphatic rings. The Morgan fingerprint density at radius 2 is 1.95 bits per heavy atom. The van der Waals surface area contributed by atoms with E-state index in [1.807, 2.05) is 0 Å². The lowest BCUT2D eigenvalue weighted by Gasteiger charge is -2.36. The Labute approximate surface area is 124 Å².